The number of hydrogen-bond donors (Lipinski definition) is 2. The number of halogens is 1. The van der Waals surface area contributed by atoms with Crippen LogP contribution in [0, 0.1) is 0 Å². The number of nitrogens with two attached hydrogens (primary N) is 1. The number of nitrogens with zero attached hydrogens (tertiary/aromatic N) is 1. The van der Waals surface area contributed by atoms with E-state index in [0.717, 1.165) is 11.3 Å². The largest absolute Gasteiger partial charge is 0.497 e. The van der Waals surface area contributed by atoms with E-state index in [-0.39, 0.29) is 11.9 Å². The Bertz CT molecular complexity index is 781. The first-order valence-corrected chi connectivity index (χ1v) is 8.46. The smallest absolute Gasteiger partial charge is 0.255 e. The Kier molecular flexibility index (Phi) is 6.71. The van der Waals surface area contributed by atoms with Gasteiger partial charge in [0.25, 0.3) is 5.91 Å². The molecule has 0 spiro atoms. The van der Waals surface area contributed by atoms with Gasteiger partial charge in [-0.3, -0.25) is 4.79 Å². The van der Waals surface area contributed by atoms with E-state index in [1.54, 1.807) is 13.2 Å². The summed E-state index contributed by atoms with van der Waals surface area (Å²) in [6, 6.07) is 10.8. The number of ether oxygens (including phenoxy) is 2. The maximum Gasteiger partial charge on any atom is 0.255 e. The fourth-order valence-electron chi connectivity index (χ4n) is 2.65. The Balaban J connectivity index is 2.19. The van der Waals surface area contributed by atoms with Gasteiger partial charge in [-0.05, 0) is 37.9 Å². The van der Waals surface area contributed by atoms with Crippen LogP contribution in [-0.2, 0) is 0 Å². The fraction of sp³-hybridized carbons (Fsp3) is 0.316. The maximum absolute atomic E-state index is 12.6. The molecule has 0 radical (unpaired) electrons. The van der Waals surface area contributed by atoms with Crippen molar-refractivity contribution in [3.63, 3.8) is 0 Å². The number of nitrogens with one attached hydrogen (secondary N) is 1. The molecule has 1 atom stereocenters. The quantitative estimate of drug-likeness (QED) is 0.725. The molecule has 140 valence electrons. The summed E-state index contributed by atoms with van der Waals surface area (Å²) in [5.41, 5.74) is 7.51. The third-order valence-electron chi connectivity index (χ3n) is 4.12. The summed E-state index contributed by atoms with van der Waals surface area (Å²) >= 11 is 6.05. The Morgan fingerprint density at radius 1 is 1.23 bits per heavy atom. The second kappa shape index (κ2) is 8.78. The summed E-state index contributed by atoms with van der Waals surface area (Å²) in [5.74, 6) is 0.873. The highest BCUT2D eigenvalue weighted by atomic mass is 35.5. The van der Waals surface area contributed by atoms with Crippen molar-refractivity contribution >= 4 is 23.2 Å². The molecule has 2 aromatic carbocycles. The van der Waals surface area contributed by atoms with E-state index in [0.29, 0.717) is 28.6 Å². The molecular weight excluding hydrogens is 354 g/mol. The molecule has 0 fully saturated rings. The van der Waals surface area contributed by atoms with E-state index in [1.165, 1.54) is 13.2 Å². The van der Waals surface area contributed by atoms with Gasteiger partial charge >= 0.3 is 0 Å². The monoisotopic (exact) mass is 377 g/mol. The zero-order valence-corrected chi connectivity index (χ0v) is 16.1. The third kappa shape index (κ3) is 4.59. The molecule has 0 aliphatic carbocycles. The van der Waals surface area contributed by atoms with Crippen LogP contribution in [0.5, 0.6) is 11.5 Å². The second-order valence-corrected chi connectivity index (χ2v) is 6.45. The van der Waals surface area contributed by atoms with E-state index in [1.807, 2.05) is 43.3 Å². The van der Waals surface area contributed by atoms with Gasteiger partial charge in [0.2, 0.25) is 0 Å². The van der Waals surface area contributed by atoms with Crippen LogP contribution in [0.15, 0.2) is 36.4 Å². The topological polar surface area (TPSA) is 76.8 Å². The molecule has 1 unspecified atom stereocenters. The Morgan fingerprint density at radius 2 is 1.96 bits per heavy atom. The Morgan fingerprint density at radius 3 is 2.58 bits per heavy atom. The number of anilines is 1. The first kappa shape index (κ1) is 19.9. The lowest BCUT2D eigenvalue weighted by atomic mass is 10.1. The van der Waals surface area contributed by atoms with Crippen LogP contribution in [-0.4, -0.2) is 45.7 Å². The summed E-state index contributed by atoms with van der Waals surface area (Å²) in [6.07, 6.45) is 0. The number of amides is 1. The van der Waals surface area contributed by atoms with Crippen LogP contribution in [0.25, 0.3) is 0 Å². The van der Waals surface area contributed by atoms with E-state index < -0.39 is 0 Å². The van der Waals surface area contributed by atoms with Gasteiger partial charge in [0.1, 0.15) is 11.5 Å². The molecular formula is C19H24ClN3O3. The molecule has 7 heteroatoms. The van der Waals surface area contributed by atoms with Crippen molar-refractivity contribution in [3.8, 4) is 11.5 Å². The summed E-state index contributed by atoms with van der Waals surface area (Å²) in [7, 11) is 7.02. The van der Waals surface area contributed by atoms with Crippen LogP contribution in [0.4, 0.5) is 5.69 Å². The van der Waals surface area contributed by atoms with Crippen molar-refractivity contribution in [2.45, 2.75) is 6.04 Å². The van der Waals surface area contributed by atoms with Crippen LogP contribution < -0.4 is 20.5 Å². The summed E-state index contributed by atoms with van der Waals surface area (Å²) in [4.78, 5) is 14.7. The van der Waals surface area contributed by atoms with Crippen LogP contribution in [0.3, 0.4) is 0 Å². The average Bonchev–Trinajstić information content (AvgIpc) is 2.63. The van der Waals surface area contributed by atoms with Crippen molar-refractivity contribution in [3.05, 3.63) is 52.5 Å². The number of methoxy groups -OCH3 is 2. The highest BCUT2D eigenvalue weighted by Gasteiger charge is 2.19. The van der Waals surface area contributed by atoms with Gasteiger partial charge in [-0.25, -0.2) is 0 Å². The van der Waals surface area contributed by atoms with E-state index >= 15 is 0 Å². The zero-order valence-electron chi connectivity index (χ0n) is 15.4. The molecule has 0 aromatic heterocycles. The van der Waals surface area contributed by atoms with Crippen molar-refractivity contribution in [2.24, 2.45) is 0 Å². The van der Waals surface area contributed by atoms with Crippen molar-refractivity contribution < 1.29 is 14.3 Å². The van der Waals surface area contributed by atoms with Gasteiger partial charge in [0, 0.05) is 12.6 Å². The number of rotatable bonds is 7. The van der Waals surface area contributed by atoms with Gasteiger partial charge in [-0.1, -0.05) is 23.7 Å². The highest BCUT2D eigenvalue weighted by Crippen LogP contribution is 2.29. The van der Waals surface area contributed by atoms with Gasteiger partial charge in [-0.2, -0.15) is 0 Å². The van der Waals surface area contributed by atoms with Gasteiger partial charge < -0.3 is 25.4 Å². The standard InChI is InChI=1S/C19H24ClN3O3/c1-23(2)17(12-6-5-7-13(8-12)25-3)11-22-19(24)14-9-15(20)16(21)10-18(14)26-4/h5-10,17H,11,21H2,1-4H3,(H,22,24). The molecule has 0 heterocycles. The lowest BCUT2D eigenvalue weighted by Crippen LogP contribution is -2.34. The number of carbonyl (C=O) groups is 1. The minimum atomic E-state index is -0.279. The predicted octanol–water partition coefficient (Wildman–Crippen LogP) is 2.97. The minimum Gasteiger partial charge on any atom is -0.497 e. The molecule has 0 aliphatic rings. The van der Waals surface area contributed by atoms with Gasteiger partial charge in [-0.15, -0.1) is 0 Å². The molecule has 0 bridgehead atoms. The lowest BCUT2D eigenvalue weighted by molar-refractivity contribution is 0.0939. The normalized spacial score (nSPS) is 11.9. The molecule has 26 heavy (non-hydrogen) atoms. The van der Waals surface area contributed by atoms with Crippen molar-refractivity contribution in [1.29, 1.82) is 0 Å². The maximum atomic E-state index is 12.6. The number of carbonyl (C=O) groups excluding carboxylic acids is 1. The molecule has 0 saturated heterocycles. The highest BCUT2D eigenvalue weighted by molar-refractivity contribution is 6.33. The van der Waals surface area contributed by atoms with E-state index in [9.17, 15) is 4.79 Å². The predicted molar refractivity (Wildman–Crippen MR) is 104 cm³/mol. The molecule has 6 nitrogen and oxygen atoms in total. The van der Waals surface area contributed by atoms with Crippen LogP contribution in [0.1, 0.15) is 22.0 Å². The molecule has 1 amide bonds. The van der Waals surface area contributed by atoms with Crippen LogP contribution in [0.2, 0.25) is 5.02 Å². The molecule has 0 aliphatic heterocycles. The summed E-state index contributed by atoms with van der Waals surface area (Å²) < 4.78 is 10.5. The SMILES string of the molecule is COc1cccc(C(CNC(=O)c2cc(Cl)c(N)cc2OC)N(C)C)c1. The van der Waals surface area contributed by atoms with Crippen molar-refractivity contribution in [1.82, 2.24) is 10.2 Å². The molecule has 2 rings (SSSR count). The number of hydrogen-bond acceptors (Lipinski definition) is 5. The average molecular weight is 378 g/mol. The fourth-order valence-corrected chi connectivity index (χ4v) is 2.81. The lowest BCUT2D eigenvalue weighted by Gasteiger charge is -2.25. The van der Waals surface area contributed by atoms with Crippen molar-refractivity contribution in [2.75, 3.05) is 40.6 Å². The third-order valence-corrected chi connectivity index (χ3v) is 4.45. The number of likely N-dealkylation sites (N-methyl/N-ethyl adjacent to an activating group) is 1. The molecule has 0 saturated carbocycles. The van der Waals surface area contributed by atoms with Gasteiger partial charge in [0.05, 0.1) is 36.5 Å². The Labute approximate surface area is 158 Å². The number of benzene rings is 2. The van der Waals surface area contributed by atoms with Crippen LogP contribution >= 0.6 is 11.6 Å². The summed E-state index contributed by atoms with van der Waals surface area (Å²) in [5, 5.41) is 3.25. The van der Waals surface area contributed by atoms with E-state index in [2.05, 4.69) is 5.32 Å². The zero-order chi connectivity index (χ0) is 19.3. The molecule has 2 aromatic rings. The first-order valence-electron chi connectivity index (χ1n) is 8.09. The summed E-state index contributed by atoms with van der Waals surface area (Å²) in [6.45, 7) is 0.407. The first-order chi connectivity index (χ1) is 12.4. The second-order valence-electron chi connectivity index (χ2n) is 6.04. The molecule has 3 N–H and O–H groups in total. The van der Waals surface area contributed by atoms with Gasteiger partial charge in [0.15, 0.2) is 0 Å². The number of nitrogen functional groups attached to an aromatic ring is 1. The minimum absolute atomic E-state index is 0.0238. The Hall–Kier alpha value is -2.44. The van der Waals surface area contributed by atoms with E-state index in [4.69, 9.17) is 26.8 Å².